The summed E-state index contributed by atoms with van der Waals surface area (Å²) in [5.41, 5.74) is 4.28. The Morgan fingerprint density at radius 2 is 2.00 bits per heavy atom. The van der Waals surface area contributed by atoms with Gasteiger partial charge in [0.2, 0.25) is 5.88 Å². The molecule has 1 aliphatic rings. The van der Waals surface area contributed by atoms with Crippen LogP contribution in [0.4, 0.5) is 0 Å². The van der Waals surface area contributed by atoms with E-state index in [2.05, 4.69) is 21.4 Å². The molecule has 0 spiro atoms. The van der Waals surface area contributed by atoms with Gasteiger partial charge < -0.3 is 15.4 Å². The molecule has 0 radical (unpaired) electrons. The number of para-hydroxylation sites is 1. The summed E-state index contributed by atoms with van der Waals surface area (Å²) in [6.45, 7) is 3.10. The van der Waals surface area contributed by atoms with E-state index in [1.165, 1.54) is 17.3 Å². The van der Waals surface area contributed by atoms with Crippen molar-refractivity contribution in [3.63, 3.8) is 0 Å². The molecule has 3 N–H and O–H groups in total. The predicted molar refractivity (Wildman–Crippen MR) is 129 cm³/mol. The van der Waals surface area contributed by atoms with E-state index in [0.717, 1.165) is 35.1 Å². The molecule has 1 atom stereocenters. The van der Waals surface area contributed by atoms with Crippen LogP contribution in [0.3, 0.4) is 0 Å². The topological polar surface area (TPSA) is 82.9 Å². The normalized spacial score (nSPS) is 15.8. The third kappa shape index (κ3) is 3.70. The first kappa shape index (κ1) is 21.1. The fourth-order valence-electron chi connectivity index (χ4n) is 4.34. The quantitative estimate of drug-likeness (QED) is 0.295. The Hall–Kier alpha value is -2.74. The summed E-state index contributed by atoms with van der Waals surface area (Å²) < 4.78 is 1.63. The number of fused-ring (bicyclic) bond motifs is 3. The molecule has 164 valence electrons. The number of rotatable bonds is 5. The number of nitrogens with zero attached hydrogens (tertiary/aromatic N) is 2. The van der Waals surface area contributed by atoms with Crippen molar-refractivity contribution >= 4 is 34.3 Å². The molecular weight excluding hydrogens is 444 g/mol. The van der Waals surface area contributed by atoms with Crippen molar-refractivity contribution in [2.75, 3.05) is 6.54 Å². The summed E-state index contributed by atoms with van der Waals surface area (Å²) in [6, 6.07) is 15.3. The zero-order valence-corrected chi connectivity index (χ0v) is 19.1. The van der Waals surface area contributed by atoms with Gasteiger partial charge in [0.1, 0.15) is 5.56 Å². The fourth-order valence-corrected chi connectivity index (χ4v) is 5.47. The summed E-state index contributed by atoms with van der Waals surface area (Å²) in [6.07, 6.45) is 0.862. The van der Waals surface area contributed by atoms with E-state index in [1.54, 1.807) is 4.57 Å². The number of hydrogen-bond acceptors (Lipinski definition) is 5. The smallest absolute Gasteiger partial charge is 0.263 e. The number of thioether (sulfide) groups is 1. The van der Waals surface area contributed by atoms with Crippen LogP contribution >= 0.6 is 23.4 Å². The number of aromatic hydroxyl groups is 1. The summed E-state index contributed by atoms with van der Waals surface area (Å²) in [4.78, 5) is 21.4. The average Bonchev–Trinajstić information content (AvgIpc) is 3.18. The zero-order chi connectivity index (χ0) is 22.2. The highest BCUT2D eigenvalue weighted by atomic mass is 35.5. The van der Waals surface area contributed by atoms with Gasteiger partial charge in [-0.2, -0.15) is 4.98 Å². The van der Waals surface area contributed by atoms with E-state index in [4.69, 9.17) is 11.6 Å². The van der Waals surface area contributed by atoms with Crippen LogP contribution in [0.1, 0.15) is 35.3 Å². The average molecular weight is 467 g/mol. The molecule has 1 unspecified atom stereocenters. The van der Waals surface area contributed by atoms with Gasteiger partial charge in [-0.1, -0.05) is 53.7 Å². The number of benzene rings is 2. The molecule has 6 nitrogen and oxygen atoms in total. The van der Waals surface area contributed by atoms with E-state index < -0.39 is 6.04 Å². The lowest BCUT2D eigenvalue weighted by Crippen LogP contribution is -2.37. The summed E-state index contributed by atoms with van der Waals surface area (Å²) in [5, 5.41) is 16.6. The number of hydrogen-bond donors (Lipinski definition) is 3. The van der Waals surface area contributed by atoms with E-state index in [9.17, 15) is 9.90 Å². The monoisotopic (exact) mass is 466 g/mol. The standard InChI is InChI=1S/C24H23ClN4O2S/c1-2-29-23(31)19(22(30)28-24(29)32-13-14-7-9-15(25)10-8-14)21-20-17(11-12-26-21)16-5-3-4-6-18(16)27-20/h3-10,21,26-27,30H,2,11-13H2,1H3. The van der Waals surface area contributed by atoms with Gasteiger partial charge in [-0.15, -0.1) is 0 Å². The lowest BCUT2D eigenvalue weighted by atomic mass is 9.95. The van der Waals surface area contributed by atoms with Crippen molar-refractivity contribution in [1.82, 2.24) is 19.9 Å². The van der Waals surface area contributed by atoms with Crippen molar-refractivity contribution in [2.45, 2.75) is 36.8 Å². The van der Waals surface area contributed by atoms with Crippen molar-refractivity contribution < 1.29 is 5.11 Å². The lowest BCUT2D eigenvalue weighted by Gasteiger charge is -2.25. The molecule has 0 amide bonds. The number of H-pyrrole nitrogens is 1. The molecule has 0 saturated heterocycles. The third-order valence-corrected chi connectivity index (χ3v) is 7.19. The van der Waals surface area contributed by atoms with Gasteiger partial charge in [-0.25, -0.2) is 0 Å². The molecule has 0 saturated carbocycles. The van der Waals surface area contributed by atoms with Crippen LogP contribution in [0.15, 0.2) is 58.5 Å². The first-order valence-corrected chi connectivity index (χ1v) is 12.0. The summed E-state index contributed by atoms with van der Waals surface area (Å²) in [7, 11) is 0. The Kier molecular flexibility index (Phi) is 5.71. The highest BCUT2D eigenvalue weighted by molar-refractivity contribution is 7.98. The predicted octanol–water partition coefficient (Wildman–Crippen LogP) is 4.63. The van der Waals surface area contributed by atoms with Crippen LogP contribution in [0, 0.1) is 0 Å². The molecule has 2 aromatic heterocycles. The highest BCUT2D eigenvalue weighted by Crippen LogP contribution is 2.35. The Balaban J connectivity index is 1.53. The van der Waals surface area contributed by atoms with E-state index in [1.807, 2.05) is 49.4 Å². The summed E-state index contributed by atoms with van der Waals surface area (Å²) in [5.74, 6) is 0.401. The van der Waals surface area contributed by atoms with E-state index in [0.29, 0.717) is 22.5 Å². The SMILES string of the molecule is CCn1c(SCc2ccc(Cl)cc2)nc(O)c(C2NCCc3c2[nH]c2ccccc32)c1=O. The van der Waals surface area contributed by atoms with Crippen LogP contribution in [-0.4, -0.2) is 26.2 Å². The first-order valence-electron chi connectivity index (χ1n) is 10.6. The fraction of sp³-hybridized carbons (Fsp3) is 0.250. The molecule has 3 heterocycles. The van der Waals surface area contributed by atoms with Crippen LogP contribution in [0.5, 0.6) is 5.88 Å². The Morgan fingerprint density at radius 3 is 2.78 bits per heavy atom. The summed E-state index contributed by atoms with van der Waals surface area (Å²) >= 11 is 7.39. The van der Waals surface area contributed by atoms with Crippen LogP contribution in [0.2, 0.25) is 5.02 Å². The van der Waals surface area contributed by atoms with Gasteiger partial charge in [-0.05, 0) is 42.7 Å². The molecule has 8 heteroatoms. The van der Waals surface area contributed by atoms with E-state index >= 15 is 0 Å². The molecule has 5 rings (SSSR count). The second-order valence-corrected chi connectivity index (χ2v) is 9.18. The number of aromatic nitrogens is 3. The first-order chi connectivity index (χ1) is 15.6. The van der Waals surface area contributed by atoms with Gasteiger partial charge >= 0.3 is 0 Å². The van der Waals surface area contributed by atoms with Crippen LogP contribution in [0.25, 0.3) is 10.9 Å². The number of aromatic amines is 1. The molecule has 2 aromatic carbocycles. The van der Waals surface area contributed by atoms with Gasteiger partial charge in [-0.3, -0.25) is 9.36 Å². The Bertz CT molecular complexity index is 1350. The van der Waals surface area contributed by atoms with Crippen molar-refractivity contribution in [3.8, 4) is 5.88 Å². The van der Waals surface area contributed by atoms with E-state index in [-0.39, 0.29) is 17.0 Å². The zero-order valence-electron chi connectivity index (χ0n) is 17.6. The Morgan fingerprint density at radius 1 is 1.22 bits per heavy atom. The van der Waals surface area contributed by atoms with Crippen LogP contribution in [-0.2, 0) is 18.7 Å². The van der Waals surface area contributed by atoms with Crippen molar-refractivity contribution in [1.29, 1.82) is 0 Å². The molecule has 4 aromatic rings. The van der Waals surface area contributed by atoms with Crippen molar-refractivity contribution in [3.05, 3.63) is 86.3 Å². The number of nitrogens with one attached hydrogen (secondary N) is 2. The maximum Gasteiger partial charge on any atom is 0.263 e. The maximum atomic E-state index is 13.5. The van der Waals surface area contributed by atoms with Gasteiger partial charge in [0.05, 0.1) is 6.04 Å². The van der Waals surface area contributed by atoms with Gasteiger partial charge in [0, 0.05) is 40.5 Å². The minimum Gasteiger partial charge on any atom is -0.493 e. The van der Waals surface area contributed by atoms with Gasteiger partial charge in [0.25, 0.3) is 5.56 Å². The maximum absolute atomic E-state index is 13.5. The van der Waals surface area contributed by atoms with Crippen LogP contribution < -0.4 is 10.9 Å². The highest BCUT2D eigenvalue weighted by Gasteiger charge is 2.31. The second-order valence-electron chi connectivity index (χ2n) is 7.80. The minimum absolute atomic E-state index is 0.220. The van der Waals surface area contributed by atoms with Crippen molar-refractivity contribution in [2.24, 2.45) is 0 Å². The minimum atomic E-state index is -0.431. The molecule has 1 aliphatic heterocycles. The molecular formula is C24H23ClN4O2S. The lowest BCUT2D eigenvalue weighted by molar-refractivity contribution is 0.409. The number of halogens is 1. The molecule has 0 aliphatic carbocycles. The molecule has 0 fully saturated rings. The van der Waals surface area contributed by atoms with Gasteiger partial charge in [0.15, 0.2) is 5.16 Å². The molecule has 0 bridgehead atoms. The molecule has 32 heavy (non-hydrogen) atoms. The largest absolute Gasteiger partial charge is 0.493 e. The Labute approximate surface area is 194 Å². The second kappa shape index (κ2) is 8.65. The third-order valence-electron chi connectivity index (χ3n) is 5.89.